The topological polar surface area (TPSA) is 74.3 Å². The molecule has 1 unspecified atom stereocenters. The van der Waals surface area contributed by atoms with E-state index in [9.17, 15) is 9.59 Å². The third-order valence-corrected chi connectivity index (χ3v) is 4.68. The second kappa shape index (κ2) is 7.99. The fraction of sp³-hybridized carbons (Fsp3) is 0.350. The Morgan fingerprint density at radius 2 is 1.96 bits per heavy atom. The fourth-order valence-electron chi connectivity index (χ4n) is 3.31. The first-order valence-corrected chi connectivity index (χ1v) is 8.99. The van der Waals surface area contributed by atoms with Gasteiger partial charge in [-0.15, -0.1) is 0 Å². The second-order valence-electron chi connectivity index (χ2n) is 6.25. The Kier molecular flexibility index (Phi) is 5.51. The number of fused-ring (bicyclic) bond motifs is 1. The molecule has 0 aliphatic carbocycles. The van der Waals surface area contributed by atoms with Crippen molar-refractivity contribution in [3.63, 3.8) is 0 Å². The van der Waals surface area contributed by atoms with Crippen molar-refractivity contribution in [2.24, 2.45) is 0 Å². The first kappa shape index (κ1) is 17.9. The first-order chi connectivity index (χ1) is 12.6. The van der Waals surface area contributed by atoms with Crippen molar-refractivity contribution in [3.05, 3.63) is 59.3 Å². The zero-order chi connectivity index (χ0) is 18.5. The highest BCUT2D eigenvalue weighted by Gasteiger charge is 2.29. The molecule has 0 fully saturated rings. The van der Waals surface area contributed by atoms with Crippen molar-refractivity contribution in [2.75, 3.05) is 18.0 Å². The summed E-state index contributed by atoms with van der Waals surface area (Å²) >= 11 is 0. The molecule has 6 heteroatoms. The predicted molar refractivity (Wildman–Crippen MR) is 101 cm³/mol. The molecule has 2 amide bonds. The number of aromatic nitrogens is 1. The van der Waals surface area contributed by atoms with Crippen LogP contribution in [-0.4, -0.2) is 29.9 Å². The smallest absolute Gasteiger partial charge is 0.252 e. The van der Waals surface area contributed by atoms with Crippen LogP contribution in [0.4, 0.5) is 5.82 Å². The molecule has 2 heterocycles. The van der Waals surface area contributed by atoms with Gasteiger partial charge in [0.15, 0.2) is 0 Å². The molecule has 6 nitrogen and oxygen atoms in total. The molecule has 26 heavy (non-hydrogen) atoms. The lowest BCUT2D eigenvalue weighted by Gasteiger charge is -2.22. The van der Waals surface area contributed by atoms with E-state index < -0.39 is 0 Å². The van der Waals surface area contributed by atoms with Crippen LogP contribution >= 0.6 is 0 Å². The number of pyridine rings is 1. The standard InChI is InChI=1S/C20H24N4O2/c1-3-24(4-2)19-14(8-7-11-21-19)13-22-18(25)12-17-15-9-5-6-10-16(15)20(26)23-17/h5-11,17H,3-4,12-13H2,1-2H3,(H,22,25)(H,23,26). The zero-order valence-corrected chi connectivity index (χ0v) is 15.2. The number of nitrogens with one attached hydrogen (secondary N) is 2. The van der Waals surface area contributed by atoms with Crippen molar-refractivity contribution >= 4 is 17.6 Å². The van der Waals surface area contributed by atoms with Gasteiger partial charge in [-0.2, -0.15) is 0 Å². The summed E-state index contributed by atoms with van der Waals surface area (Å²) in [6.07, 6.45) is 1.99. The molecular formula is C20H24N4O2. The lowest BCUT2D eigenvalue weighted by Crippen LogP contribution is -2.30. The first-order valence-electron chi connectivity index (χ1n) is 8.99. The van der Waals surface area contributed by atoms with Crippen molar-refractivity contribution in [3.8, 4) is 0 Å². The number of carbonyl (C=O) groups excluding carboxylic acids is 2. The van der Waals surface area contributed by atoms with E-state index in [0.717, 1.165) is 30.0 Å². The number of benzene rings is 1. The van der Waals surface area contributed by atoms with Crippen LogP contribution in [-0.2, 0) is 11.3 Å². The molecule has 1 aliphatic rings. The number of amides is 2. The van der Waals surface area contributed by atoms with Gasteiger partial charge in [0, 0.05) is 37.0 Å². The van der Waals surface area contributed by atoms with E-state index in [4.69, 9.17) is 0 Å². The Labute approximate surface area is 153 Å². The van der Waals surface area contributed by atoms with E-state index in [1.54, 1.807) is 12.3 Å². The molecule has 1 aromatic carbocycles. The maximum absolute atomic E-state index is 12.4. The lowest BCUT2D eigenvalue weighted by molar-refractivity contribution is -0.121. The third kappa shape index (κ3) is 3.69. The van der Waals surface area contributed by atoms with Crippen molar-refractivity contribution in [1.29, 1.82) is 0 Å². The van der Waals surface area contributed by atoms with Crippen LogP contribution in [0, 0.1) is 0 Å². The van der Waals surface area contributed by atoms with E-state index in [0.29, 0.717) is 12.1 Å². The van der Waals surface area contributed by atoms with Crippen molar-refractivity contribution in [1.82, 2.24) is 15.6 Å². The highest BCUT2D eigenvalue weighted by Crippen LogP contribution is 2.27. The van der Waals surface area contributed by atoms with Gasteiger partial charge in [-0.1, -0.05) is 24.3 Å². The molecule has 1 atom stereocenters. The van der Waals surface area contributed by atoms with Crippen molar-refractivity contribution in [2.45, 2.75) is 32.9 Å². The Bertz CT molecular complexity index is 802. The molecule has 3 rings (SSSR count). The largest absolute Gasteiger partial charge is 0.357 e. The summed E-state index contributed by atoms with van der Waals surface area (Å²) in [7, 11) is 0. The van der Waals surface area contributed by atoms with E-state index in [1.165, 1.54) is 0 Å². The molecular weight excluding hydrogens is 328 g/mol. The van der Waals surface area contributed by atoms with Gasteiger partial charge in [0.1, 0.15) is 5.82 Å². The maximum atomic E-state index is 12.4. The van der Waals surface area contributed by atoms with Gasteiger partial charge in [-0.25, -0.2) is 4.98 Å². The summed E-state index contributed by atoms with van der Waals surface area (Å²) < 4.78 is 0. The lowest BCUT2D eigenvalue weighted by atomic mass is 10.0. The molecule has 2 aromatic rings. The predicted octanol–water partition coefficient (Wildman–Crippen LogP) is 2.42. The van der Waals surface area contributed by atoms with Crippen molar-refractivity contribution < 1.29 is 9.59 Å². The Balaban J connectivity index is 1.63. The Morgan fingerprint density at radius 3 is 2.73 bits per heavy atom. The number of anilines is 1. The molecule has 0 bridgehead atoms. The minimum absolute atomic E-state index is 0.0960. The van der Waals surface area contributed by atoms with Crippen LogP contribution in [0.3, 0.4) is 0 Å². The summed E-state index contributed by atoms with van der Waals surface area (Å²) in [5.74, 6) is 0.688. The minimum Gasteiger partial charge on any atom is -0.357 e. The average Bonchev–Trinajstić information content (AvgIpc) is 2.98. The molecule has 2 N–H and O–H groups in total. The molecule has 136 valence electrons. The summed E-state index contributed by atoms with van der Waals surface area (Å²) in [6.45, 7) is 6.31. The molecule has 0 saturated carbocycles. The zero-order valence-electron chi connectivity index (χ0n) is 15.2. The van der Waals surface area contributed by atoms with Crippen LogP contribution in [0.5, 0.6) is 0 Å². The second-order valence-corrected chi connectivity index (χ2v) is 6.25. The van der Waals surface area contributed by atoms with E-state index >= 15 is 0 Å². The summed E-state index contributed by atoms with van der Waals surface area (Å²) in [5, 5.41) is 5.83. The van der Waals surface area contributed by atoms with E-state index in [2.05, 4.69) is 34.4 Å². The number of nitrogens with zero attached hydrogens (tertiary/aromatic N) is 2. The SMILES string of the molecule is CCN(CC)c1ncccc1CNC(=O)CC1NC(=O)c2ccccc21. The monoisotopic (exact) mass is 352 g/mol. The third-order valence-electron chi connectivity index (χ3n) is 4.68. The van der Waals surface area contributed by atoms with E-state index in [1.807, 2.05) is 30.3 Å². The van der Waals surface area contributed by atoms with Crippen LogP contribution in [0.1, 0.15) is 47.8 Å². The molecule has 1 aromatic heterocycles. The van der Waals surface area contributed by atoms with Gasteiger partial charge in [-0.3, -0.25) is 9.59 Å². The van der Waals surface area contributed by atoms with E-state index in [-0.39, 0.29) is 24.3 Å². The normalized spacial score (nSPS) is 15.3. The number of hydrogen-bond donors (Lipinski definition) is 2. The summed E-state index contributed by atoms with van der Waals surface area (Å²) in [6, 6.07) is 11.0. The minimum atomic E-state index is -0.269. The van der Waals surface area contributed by atoms with Crippen LogP contribution in [0.2, 0.25) is 0 Å². The Hall–Kier alpha value is -2.89. The molecule has 1 aliphatic heterocycles. The molecule has 0 spiro atoms. The van der Waals surface area contributed by atoms with Gasteiger partial charge < -0.3 is 15.5 Å². The maximum Gasteiger partial charge on any atom is 0.252 e. The van der Waals surface area contributed by atoms with Gasteiger partial charge in [0.2, 0.25) is 5.91 Å². The number of carbonyl (C=O) groups is 2. The fourth-order valence-corrected chi connectivity index (χ4v) is 3.31. The highest BCUT2D eigenvalue weighted by molar-refractivity contribution is 5.99. The summed E-state index contributed by atoms with van der Waals surface area (Å²) in [5.41, 5.74) is 2.53. The molecule has 0 saturated heterocycles. The Morgan fingerprint density at radius 1 is 1.19 bits per heavy atom. The van der Waals surface area contributed by atoms with Gasteiger partial charge in [0.25, 0.3) is 5.91 Å². The number of hydrogen-bond acceptors (Lipinski definition) is 4. The van der Waals surface area contributed by atoms with Crippen LogP contribution in [0.15, 0.2) is 42.6 Å². The quantitative estimate of drug-likeness (QED) is 0.803. The van der Waals surface area contributed by atoms with Crippen LogP contribution in [0.25, 0.3) is 0 Å². The van der Waals surface area contributed by atoms with Gasteiger partial charge >= 0.3 is 0 Å². The average molecular weight is 352 g/mol. The van der Waals surface area contributed by atoms with Gasteiger partial charge in [0.05, 0.1) is 12.5 Å². The summed E-state index contributed by atoms with van der Waals surface area (Å²) in [4.78, 5) is 31.0. The number of rotatable bonds is 7. The van der Waals surface area contributed by atoms with Gasteiger partial charge in [-0.05, 0) is 31.5 Å². The molecule has 0 radical (unpaired) electrons. The highest BCUT2D eigenvalue weighted by atomic mass is 16.2. The van der Waals surface area contributed by atoms with Crippen LogP contribution < -0.4 is 15.5 Å².